The Morgan fingerprint density at radius 3 is 2.68 bits per heavy atom. The lowest BCUT2D eigenvalue weighted by atomic mass is 10.2. The van der Waals surface area contributed by atoms with Gasteiger partial charge in [-0.2, -0.15) is 5.10 Å². The lowest BCUT2D eigenvalue weighted by molar-refractivity contribution is 0.862. The Bertz CT molecular complexity index is 1580. The van der Waals surface area contributed by atoms with Crippen molar-refractivity contribution in [2.75, 3.05) is 0 Å². The Morgan fingerprint density at radius 1 is 1.00 bits per heavy atom. The molecule has 0 atom stereocenters. The summed E-state index contributed by atoms with van der Waals surface area (Å²) in [6, 6.07) is 8.07. The van der Waals surface area contributed by atoms with Gasteiger partial charge in [0.2, 0.25) is 0 Å². The van der Waals surface area contributed by atoms with E-state index in [9.17, 15) is 0 Å². The molecule has 6 rings (SSSR count). The molecule has 0 fully saturated rings. The van der Waals surface area contributed by atoms with Crippen LogP contribution in [0, 0.1) is 13.8 Å². The molecule has 0 saturated carbocycles. The Labute approximate surface area is 176 Å². The minimum Gasteiger partial charge on any atom is -0.336 e. The van der Waals surface area contributed by atoms with E-state index in [-0.39, 0.29) is 0 Å². The number of fused-ring (bicyclic) bond motifs is 2. The maximum absolute atomic E-state index is 4.89. The van der Waals surface area contributed by atoms with Crippen molar-refractivity contribution in [1.29, 1.82) is 0 Å². The molecule has 5 heterocycles. The van der Waals surface area contributed by atoms with Crippen LogP contribution in [0.1, 0.15) is 11.5 Å². The SMILES string of the molecule is Cc1cn(-c2cccc3[nH]c(-c4n[nH]c5cnc(-c6cnc(C)n6C)cc45)nc23)cn1. The van der Waals surface area contributed by atoms with Gasteiger partial charge in [0.15, 0.2) is 5.82 Å². The molecule has 0 aliphatic rings. The summed E-state index contributed by atoms with van der Waals surface area (Å²) in [6.45, 7) is 3.94. The van der Waals surface area contributed by atoms with Gasteiger partial charge in [-0.25, -0.2) is 15.0 Å². The first-order chi connectivity index (χ1) is 15.1. The van der Waals surface area contributed by atoms with Gasteiger partial charge in [-0.3, -0.25) is 10.1 Å². The molecule has 9 nitrogen and oxygen atoms in total. The molecule has 1 aromatic carbocycles. The molecule has 9 heteroatoms. The van der Waals surface area contributed by atoms with Crippen LogP contribution in [-0.4, -0.2) is 44.3 Å². The zero-order valence-electron chi connectivity index (χ0n) is 17.2. The third kappa shape index (κ3) is 2.67. The number of para-hydroxylation sites is 1. The number of imidazole rings is 3. The molecule has 2 N–H and O–H groups in total. The molecule has 0 amide bonds. The van der Waals surface area contributed by atoms with Gasteiger partial charge in [0, 0.05) is 18.6 Å². The quantitative estimate of drug-likeness (QED) is 0.464. The van der Waals surface area contributed by atoms with Crippen molar-refractivity contribution in [3.05, 3.63) is 60.7 Å². The minimum atomic E-state index is 0.698. The normalized spacial score (nSPS) is 11.7. The van der Waals surface area contributed by atoms with E-state index in [1.807, 2.05) is 66.7 Å². The monoisotopic (exact) mass is 409 g/mol. The molecule has 0 bridgehead atoms. The number of aromatic nitrogens is 9. The number of aromatic amines is 2. The maximum Gasteiger partial charge on any atom is 0.159 e. The zero-order chi connectivity index (χ0) is 21.1. The zero-order valence-corrected chi connectivity index (χ0v) is 17.2. The van der Waals surface area contributed by atoms with Crippen molar-refractivity contribution in [2.45, 2.75) is 13.8 Å². The van der Waals surface area contributed by atoms with Gasteiger partial charge < -0.3 is 14.1 Å². The fraction of sp³-hybridized carbons (Fsp3) is 0.136. The van der Waals surface area contributed by atoms with Gasteiger partial charge in [-0.05, 0) is 32.0 Å². The second kappa shape index (κ2) is 6.36. The molecule has 31 heavy (non-hydrogen) atoms. The van der Waals surface area contributed by atoms with Crippen molar-refractivity contribution in [3.8, 4) is 28.6 Å². The molecule has 0 radical (unpaired) electrons. The van der Waals surface area contributed by atoms with Gasteiger partial charge in [-0.15, -0.1) is 0 Å². The lowest BCUT2D eigenvalue weighted by Crippen LogP contribution is -1.95. The highest BCUT2D eigenvalue weighted by molar-refractivity contribution is 5.95. The van der Waals surface area contributed by atoms with Crippen LogP contribution in [0.3, 0.4) is 0 Å². The summed E-state index contributed by atoms with van der Waals surface area (Å²) in [7, 11) is 1.98. The molecule has 0 aliphatic heterocycles. The minimum absolute atomic E-state index is 0.698. The summed E-state index contributed by atoms with van der Waals surface area (Å²) < 4.78 is 4.01. The van der Waals surface area contributed by atoms with E-state index in [0.29, 0.717) is 5.82 Å². The van der Waals surface area contributed by atoms with E-state index in [0.717, 1.165) is 56.2 Å². The Hall–Kier alpha value is -4.27. The first-order valence-electron chi connectivity index (χ1n) is 9.91. The highest BCUT2D eigenvalue weighted by Gasteiger charge is 2.17. The van der Waals surface area contributed by atoms with Crippen molar-refractivity contribution >= 4 is 21.9 Å². The Morgan fingerprint density at radius 2 is 1.90 bits per heavy atom. The first-order valence-corrected chi connectivity index (χ1v) is 9.91. The molecule has 0 unspecified atom stereocenters. The second-order valence-corrected chi connectivity index (χ2v) is 7.62. The van der Waals surface area contributed by atoms with Gasteiger partial charge >= 0.3 is 0 Å². The summed E-state index contributed by atoms with van der Waals surface area (Å²) in [5.41, 5.74) is 7.11. The van der Waals surface area contributed by atoms with E-state index < -0.39 is 0 Å². The molecule has 6 aromatic rings. The van der Waals surface area contributed by atoms with Crippen molar-refractivity contribution in [1.82, 2.24) is 44.3 Å². The second-order valence-electron chi connectivity index (χ2n) is 7.62. The summed E-state index contributed by atoms with van der Waals surface area (Å²) in [4.78, 5) is 21.6. The third-order valence-electron chi connectivity index (χ3n) is 5.64. The number of nitrogens with one attached hydrogen (secondary N) is 2. The largest absolute Gasteiger partial charge is 0.336 e. The van der Waals surface area contributed by atoms with Crippen LogP contribution in [0.15, 0.2) is 49.2 Å². The van der Waals surface area contributed by atoms with E-state index in [4.69, 9.17) is 4.98 Å². The number of rotatable bonds is 3. The van der Waals surface area contributed by atoms with Gasteiger partial charge in [-0.1, -0.05) is 6.07 Å². The van der Waals surface area contributed by atoms with Crippen LogP contribution in [0.5, 0.6) is 0 Å². The van der Waals surface area contributed by atoms with Crippen LogP contribution < -0.4 is 0 Å². The van der Waals surface area contributed by atoms with Gasteiger partial charge in [0.1, 0.15) is 17.0 Å². The summed E-state index contributed by atoms with van der Waals surface area (Å²) >= 11 is 0. The maximum atomic E-state index is 4.89. The molecule has 152 valence electrons. The fourth-order valence-electron chi connectivity index (χ4n) is 3.87. The predicted molar refractivity (Wildman–Crippen MR) is 118 cm³/mol. The number of pyridine rings is 1. The summed E-state index contributed by atoms with van der Waals surface area (Å²) in [6.07, 6.45) is 7.42. The number of aryl methyl sites for hydroxylation is 2. The Balaban J connectivity index is 1.52. The first kappa shape index (κ1) is 17.6. The summed E-state index contributed by atoms with van der Waals surface area (Å²) in [5, 5.41) is 8.55. The average molecular weight is 409 g/mol. The molecule has 0 saturated heterocycles. The van der Waals surface area contributed by atoms with E-state index in [1.165, 1.54) is 0 Å². The lowest BCUT2D eigenvalue weighted by Gasteiger charge is -2.03. The number of nitrogens with zero attached hydrogens (tertiary/aromatic N) is 7. The average Bonchev–Trinajstić information content (AvgIpc) is 3.54. The molecule has 0 spiro atoms. The third-order valence-corrected chi connectivity index (χ3v) is 5.64. The number of hydrogen-bond acceptors (Lipinski definition) is 5. The van der Waals surface area contributed by atoms with Crippen molar-refractivity contribution < 1.29 is 0 Å². The topological polar surface area (TPSA) is 106 Å². The summed E-state index contributed by atoms with van der Waals surface area (Å²) in [5.74, 6) is 1.63. The van der Waals surface area contributed by atoms with Crippen LogP contribution in [0.4, 0.5) is 0 Å². The van der Waals surface area contributed by atoms with E-state index in [1.54, 1.807) is 12.5 Å². The molecular formula is C22H19N9. The molecule has 0 aliphatic carbocycles. The highest BCUT2D eigenvalue weighted by atomic mass is 15.1. The van der Waals surface area contributed by atoms with Crippen molar-refractivity contribution in [3.63, 3.8) is 0 Å². The standard InChI is InChI=1S/C22H19N9/c1-12-10-31(11-25-12)18-6-4-5-15-21(18)27-22(26-15)20-14-7-16(24-8-17(14)28-29-20)19-9-23-13(2)30(19)3/h4-11H,1-3H3,(H,26,27)(H,28,29). The van der Waals surface area contributed by atoms with E-state index in [2.05, 4.69) is 30.1 Å². The number of hydrogen-bond donors (Lipinski definition) is 2. The van der Waals surface area contributed by atoms with Gasteiger partial charge in [0.05, 0.1) is 52.5 Å². The molecular weight excluding hydrogens is 390 g/mol. The number of H-pyrrole nitrogens is 2. The van der Waals surface area contributed by atoms with Crippen LogP contribution in [0.25, 0.3) is 50.5 Å². The van der Waals surface area contributed by atoms with Crippen LogP contribution >= 0.6 is 0 Å². The fourth-order valence-corrected chi connectivity index (χ4v) is 3.87. The smallest absolute Gasteiger partial charge is 0.159 e. The van der Waals surface area contributed by atoms with E-state index >= 15 is 0 Å². The van der Waals surface area contributed by atoms with Crippen LogP contribution in [-0.2, 0) is 7.05 Å². The predicted octanol–water partition coefficient (Wildman–Crippen LogP) is 3.70. The number of benzene rings is 1. The van der Waals surface area contributed by atoms with Gasteiger partial charge in [0.25, 0.3) is 0 Å². The highest BCUT2D eigenvalue weighted by Crippen LogP contribution is 2.30. The Kier molecular flexibility index (Phi) is 3.61. The van der Waals surface area contributed by atoms with Crippen LogP contribution in [0.2, 0.25) is 0 Å². The molecule has 5 aromatic heterocycles. The van der Waals surface area contributed by atoms with Crippen molar-refractivity contribution in [2.24, 2.45) is 7.05 Å².